The lowest BCUT2D eigenvalue weighted by Crippen LogP contribution is -2.29. The van der Waals surface area contributed by atoms with Gasteiger partial charge in [-0.15, -0.1) is 0 Å². The van der Waals surface area contributed by atoms with Crippen molar-refractivity contribution >= 4 is 29.0 Å². The second kappa shape index (κ2) is 9.16. The van der Waals surface area contributed by atoms with Crippen LogP contribution in [0.15, 0.2) is 36.4 Å². The number of benzene rings is 2. The van der Waals surface area contributed by atoms with E-state index in [1.54, 1.807) is 23.1 Å². The average molecular weight is 390 g/mol. The Morgan fingerprint density at radius 2 is 1.57 bits per heavy atom. The van der Waals surface area contributed by atoms with Crippen LogP contribution < -0.4 is 20.9 Å². The van der Waals surface area contributed by atoms with Gasteiger partial charge in [0.2, 0.25) is 0 Å². The van der Waals surface area contributed by atoms with Gasteiger partial charge in [-0.25, -0.2) is 13.6 Å². The Morgan fingerprint density at radius 1 is 0.964 bits per heavy atom. The van der Waals surface area contributed by atoms with E-state index in [1.807, 2.05) is 27.9 Å². The highest BCUT2D eigenvalue weighted by Gasteiger charge is 2.15. The maximum Gasteiger partial charge on any atom is 0.323 e. The molecule has 3 amide bonds. The zero-order valence-electron chi connectivity index (χ0n) is 16.3. The number of hydrogen-bond donors (Lipinski definition) is 3. The minimum Gasteiger partial charge on any atom is -0.377 e. The molecule has 0 unspecified atom stereocenters. The van der Waals surface area contributed by atoms with Gasteiger partial charge in [0, 0.05) is 43.8 Å². The summed E-state index contributed by atoms with van der Waals surface area (Å²) in [5.74, 6) is -2.00. The summed E-state index contributed by atoms with van der Waals surface area (Å²) in [4.78, 5) is 26.5. The van der Waals surface area contributed by atoms with Crippen molar-refractivity contribution in [3.63, 3.8) is 0 Å². The normalized spacial score (nSPS) is 10.5. The largest absolute Gasteiger partial charge is 0.377 e. The Balaban J connectivity index is 2.16. The van der Waals surface area contributed by atoms with Crippen LogP contribution in [0.4, 0.5) is 30.6 Å². The van der Waals surface area contributed by atoms with Gasteiger partial charge in [-0.05, 0) is 36.2 Å². The predicted octanol–water partition coefficient (Wildman–Crippen LogP) is 4.06. The van der Waals surface area contributed by atoms with E-state index in [-0.39, 0.29) is 11.6 Å². The molecular weight excluding hydrogens is 366 g/mol. The molecule has 0 aromatic heterocycles. The number of nitrogens with one attached hydrogen (secondary N) is 3. The van der Waals surface area contributed by atoms with E-state index < -0.39 is 17.7 Å². The molecule has 0 aliphatic heterocycles. The van der Waals surface area contributed by atoms with Crippen LogP contribution in [0.3, 0.4) is 0 Å². The van der Waals surface area contributed by atoms with Gasteiger partial charge in [-0.3, -0.25) is 4.79 Å². The second-order valence-corrected chi connectivity index (χ2v) is 6.94. The molecule has 0 heterocycles. The first kappa shape index (κ1) is 21.1. The van der Waals surface area contributed by atoms with E-state index in [2.05, 4.69) is 16.0 Å². The zero-order chi connectivity index (χ0) is 20.8. The first-order valence-corrected chi connectivity index (χ1v) is 8.80. The molecular formula is C20H24F2N4O2. The van der Waals surface area contributed by atoms with Crippen molar-refractivity contribution < 1.29 is 18.4 Å². The number of hydrogen-bond acceptors (Lipinski definition) is 3. The molecule has 0 fully saturated rings. The summed E-state index contributed by atoms with van der Waals surface area (Å²) in [6, 6.07) is 7.35. The van der Waals surface area contributed by atoms with Crippen LogP contribution in [0.1, 0.15) is 24.2 Å². The zero-order valence-corrected chi connectivity index (χ0v) is 16.3. The summed E-state index contributed by atoms with van der Waals surface area (Å²) in [7, 11) is 3.63. The molecule has 0 radical (unpaired) electrons. The number of carbonyl (C=O) groups is 2. The van der Waals surface area contributed by atoms with Crippen LogP contribution in [-0.4, -0.2) is 32.6 Å². The van der Waals surface area contributed by atoms with E-state index >= 15 is 0 Å². The molecule has 28 heavy (non-hydrogen) atoms. The molecule has 0 saturated carbocycles. The van der Waals surface area contributed by atoms with Crippen molar-refractivity contribution in [2.75, 3.05) is 36.2 Å². The van der Waals surface area contributed by atoms with E-state index in [0.717, 1.165) is 12.1 Å². The van der Waals surface area contributed by atoms with Crippen LogP contribution in [-0.2, 0) is 0 Å². The fraction of sp³-hybridized carbons (Fsp3) is 0.300. The van der Waals surface area contributed by atoms with Gasteiger partial charge >= 0.3 is 6.03 Å². The summed E-state index contributed by atoms with van der Waals surface area (Å²) in [6.45, 7) is 4.52. The van der Waals surface area contributed by atoms with Crippen LogP contribution in [0, 0.1) is 17.6 Å². The molecule has 150 valence electrons. The molecule has 0 aliphatic rings. The van der Waals surface area contributed by atoms with Crippen LogP contribution in [0.2, 0.25) is 0 Å². The molecule has 2 aromatic carbocycles. The van der Waals surface area contributed by atoms with Crippen molar-refractivity contribution in [2.45, 2.75) is 13.8 Å². The number of amides is 3. The van der Waals surface area contributed by atoms with Crippen molar-refractivity contribution in [3.05, 3.63) is 53.6 Å². The van der Waals surface area contributed by atoms with Gasteiger partial charge in [-0.1, -0.05) is 13.8 Å². The molecule has 6 nitrogen and oxygen atoms in total. The molecule has 0 atom stereocenters. The molecule has 8 heteroatoms. The third-order valence-electron chi connectivity index (χ3n) is 3.83. The first-order valence-electron chi connectivity index (χ1n) is 8.80. The molecule has 3 N–H and O–H groups in total. The maximum absolute atomic E-state index is 13.3. The first-order chi connectivity index (χ1) is 13.2. The summed E-state index contributed by atoms with van der Waals surface area (Å²) in [5, 5.41) is 7.86. The third kappa shape index (κ3) is 5.67. The minimum absolute atomic E-state index is 0.108. The lowest BCUT2D eigenvalue weighted by molar-refractivity contribution is 0.0949. The van der Waals surface area contributed by atoms with E-state index in [1.165, 1.54) is 6.07 Å². The summed E-state index contributed by atoms with van der Waals surface area (Å²) in [5.41, 5.74) is 1.61. The second-order valence-electron chi connectivity index (χ2n) is 6.94. The monoisotopic (exact) mass is 390 g/mol. The molecule has 0 spiro atoms. The van der Waals surface area contributed by atoms with E-state index in [4.69, 9.17) is 0 Å². The van der Waals surface area contributed by atoms with Crippen LogP contribution in [0.5, 0.6) is 0 Å². The molecule has 2 rings (SSSR count). The number of nitrogens with zero attached hydrogens (tertiary/aromatic N) is 1. The lowest BCUT2D eigenvalue weighted by Gasteiger charge is -2.19. The fourth-order valence-electron chi connectivity index (χ4n) is 2.45. The number of carbonyl (C=O) groups excluding carboxylic acids is 2. The highest BCUT2D eigenvalue weighted by molar-refractivity contribution is 6.03. The highest BCUT2D eigenvalue weighted by Crippen LogP contribution is 2.23. The third-order valence-corrected chi connectivity index (χ3v) is 3.83. The average Bonchev–Trinajstić information content (AvgIpc) is 2.62. The Kier molecular flexibility index (Phi) is 6.92. The predicted molar refractivity (Wildman–Crippen MR) is 107 cm³/mol. The SMILES string of the molecule is CC(C)CNC(=O)c1cc(NC(=O)Nc2ccc(F)c(F)c2)ccc1N(C)C. The molecule has 2 aromatic rings. The van der Waals surface area contributed by atoms with Crippen molar-refractivity contribution in [2.24, 2.45) is 5.92 Å². The van der Waals surface area contributed by atoms with Gasteiger partial charge < -0.3 is 20.9 Å². The topological polar surface area (TPSA) is 73.5 Å². The van der Waals surface area contributed by atoms with Gasteiger partial charge in [0.25, 0.3) is 5.91 Å². The van der Waals surface area contributed by atoms with Crippen molar-refractivity contribution in [3.8, 4) is 0 Å². The number of halogens is 2. The maximum atomic E-state index is 13.3. The summed E-state index contributed by atoms with van der Waals surface area (Å²) < 4.78 is 26.2. The minimum atomic E-state index is -1.06. The van der Waals surface area contributed by atoms with Crippen LogP contribution in [0.25, 0.3) is 0 Å². The van der Waals surface area contributed by atoms with Gasteiger partial charge in [0.1, 0.15) is 0 Å². The smallest absolute Gasteiger partial charge is 0.323 e. The lowest BCUT2D eigenvalue weighted by atomic mass is 10.1. The molecule has 0 saturated heterocycles. The highest BCUT2D eigenvalue weighted by atomic mass is 19.2. The standard InChI is InChI=1S/C20H24F2N4O2/c1-12(2)11-23-19(27)15-9-13(6-8-18(15)26(3)4)24-20(28)25-14-5-7-16(21)17(22)10-14/h5-10,12H,11H2,1-4H3,(H,23,27)(H2,24,25,28). The van der Waals surface area contributed by atoms with Gasteiger partial charge in [-0.2, -0.15) is 0 Å². The summed E-state index contributed by atoms with van der Waals surface area (Å²) in [6.07, 6.45) is 0. The Hall–Kier alpha value is -3.16. The Morgan fingerprint density at radius 3 is 2.14 bits per heavy atom. The Labute approximate surface area is 162 Å². The number of anilines is 3. The molecule has 0 bridgehead atoms. The van der Waals surface area contributed by atoms with E-state index in [9.17, 15) is 18.4 Å². The molecule has 0 aliphatic carbocycles. The van der Waals surface area contributed by atoms with Crippen molar-refractivity contribution in [1.29, 1.82) is 0 Å². The summed E-state index contributed by atoms with van der Waals surface area (Å²) >= 11 is 0. The van der Waals surface area contributed by atoms with Crippen molar-refractivity contribution in [1.82, 2.24) is 5.32 Å². The fourth-order valence-corrected chi connectivity index (χ4v) is 2.45. The van der Waals surface area contributed by atoms with Crippen LogP contribution >= 0.6 is 0 Å². The van der Waals surface area contributed by atoms with E-state index in [0.29, 0.717) is 29.4 Å². The van der Waals surface area contributed by atoms with Gasteiger partial charge in [0.05, 0.1) is 5.56 Å². The Bertz CT molecular complexity index is 869. The quantitative estimate of drug-likeness (QED) is 0.696. The number of urea groups is 1. The van der Waals surface area contributed by atoms with Gasteiger partial charge in [0.15, 0.2) is 11.6 Å². The number of rotatable bonds is 6.